The first kappa shape index (κ1) is 16.0. The molecule has 22 heavy (non-hydrogen) atoms. The molecule has 2 aliphatic rings. The van der Waals surface area contributed by atoms with Crippen molar-refractivity contribution in [1.82, 2.24) is 15.1 Å². The summed E-state index contributed by atoms with van der Waals surface area (Å²) in [6, 6.07) is 8.84. The minimum absolute atomic E-state index is 0.00814. The molecule has 1 N–H and O–H groups in total. The third-order valence-electron chi connectivity index (χ3n) is 4.61. The Kier molecular flexibility index (Phi) is 5.16. The van der Waals surface area contributed by atoms with Gasteiger partial charge in [0.25, 0.3) is 0 Å². The molecule has 1 atom stereocenters. The van der Waals surface area contributed by atoms with Gasteiger partial charge in [-0.2, -0.15) is 0 Å². The molecule has 1 saturated heterocycles. The summed E-state index contributed by atoms with van der Waals surface area (Å²) >= 11 is 3.62. The van der Waals surface area contributed by atoms with Crippen molar-refractivity contribution in [3.8, 4) is 0 Å². The maximum Gasteiger partial charge on any atom is 0.237 e. The highest BCUT2D eigenvalue weighted by Gasteiger charge is 2.29. The Morgan fingerprint density at radius 1 is 1.27 bits per heavy atom. The lowest BCUT2D eigenvalue weighted by molar-refractivity contribution is -0.126. The van der Waals surface area contributed by atoms with Gasteiger partial charge in [0.15, 0.2) is 0 Å². The molecule has 0 bridgehead atoms. The van der Waals surface area contributed by atoms with Gasteiger partial charge in [0.05, 0.1) is 6.04 Å². The lowest BCUT2D eigenvalue weighted by Crippen LogP contribution is -2.53. The minimum atomic E-state index is -0.00814. The van der Waals surface area contributed by atoms with E-state index in [0.717, 1.165) is 45.6 Å². The monoisotopic (exact) mass is 365 g/mol. The summed E-state index contributed by atoms with van der Waals surface area (Å²) in [4.78, 5) is 16.9. The first-order valence-corrected chi connectivity index (χ1v) is 8.93. The zero-order chi connectivity index (χ0) is 15.5. The normalized spacial score (nSPS) is 21.5. The zero-order valence-electron chi connectivity index (χ0n) is 13.1. The third kappa shape index (κ3) is 4.09. The second kappa shape index (κ2) is 7.11. The van der Waals surface area contributed by atoms with Crippen LogP contribution in [-0.2, 0) is 11.3 Å². The highest BCUT2D eigenvalue weighted by Crippen LogP contribution is 2.20. The Bertz CT molecular complexity index is 524. The first-order chi connectivity index (χ1) is 10.6. The van der Waals surface area contributed by atoms with E-state index in [1.165, 1.54) is 10.0 Å². The van der Waals surface area contributed by atoms with Gasteiger partial charge in [0, 0.05) is 43.2 Å². The maximum atomic E-state index is 12.1. The lowest BCUT2D eigenvalue weighted by Gasteiger charge is -2.37. The van der Waals surface area contributed by atoms with E-state index >= 15 is 0 Å². The maximum absolute atomic E-state index is 12.1. The summed E-state index contributed by atoms with van der Waals surface area (Å²) in [5.74, 6) is 0.196. The molecule has 1 heterocycles. The van der Waals surface area contributed by atoms with E-state index in [4.69, 9.17) is 0 Å². The number of hydrogen-bond acceptors (Lipinski definition) is 3. The molecule has 1 saturated carbocycles. The van der Waals surface area contributed by atoms with Crippen LogP contribution in [0.25, 0.3) is 0 Å². The van der Waals surface area contributed by atoms with Crippen LogP contribution < -0.4 is 5.32 Å². The van der Waals surface area contributed by atoms with Crippen molar-refractivity contribution in [1.29, 1.82) is 0 Å². The fourth-order valence-corrected chi connectivity index (χ4v) is 3.30. The fourth-order valence-electron chi connectivity index (χ4n) is 2.89. The number of hydrogen-bond donors (Lipinski definition) is 1. The highest BCUT2D eigenvalue weighted by molar-refractivity contribution is 9.10. The van der Waals surface area contributed by atoms with Crippen LogP contribution in [0.3, 0.4) is 0 Å². The van der Waals surface area contributed by atoms with Crippen molar-refractivity contribution in [3.63, 3.8) is 0 Å². The molecule has 0 aromatic heterocycles. The number of piperazine rings is 1. The predicted molar refractivity (Wildman–Crippen MR) is 91.6 cm³/mol. The van der Waals surface area contributed by atoms with E-state index in [1.54, 1.807) is 0 Å². The van der Waals surface area contributed by atoms with Crippen molar-refractivity contribution in [3.05, 3.63) is 34.3 Å². The average Bonchev–Trinajstić information content (AvgIpc) is 3.33. The van der Waals surface area contributed by atoms with Crippen LogP contribution in [-0.4, -0.2) is 54.0 Å². The van der Waals surface area contributed by atoms with Crippen molar-refractivity contribution in [2.75, 3.05) is 26.2 Å². The molecule has 4 nitrogen and oxygen atoms in total. The summed E-state index contributed by atoms with van der Waals surface area (Å²) < 4.78 is 1.18. The minimum Gasteiger partial charge on any atom is -0.352 e. The molecule has 1 aromatic carbocycles. The Hall–Kier alpha value is -0.910. The SMILES string of the molecule is C[C@@H](C(=O)NC1CC1)N1CCN(Cc2ccccc2Br)CC1. The highest BCUT2D eigenvalue weighted by atomic mass is 79.9. The van der Waals surface area contributed by atoms with Gasteiger partial charge in [-0.05, 0) is 31.4 Å². The second-order valence-corrected chi connectivity index (χ2v) is 7.22. The molecule has 2 fully saturated rings. The van der Waals surface area contributed by atoms with Crippen molar-refractivity contribution < 1.29 is 4.79 Å². The number of nitrogens with one attached hydrogen (secondary N) is 1. The van der Waals surface area contributed by atoms with Crippen molar-refractivity contribution in [2.24, 2.45) is 0 Å². The van der Waals surface area contributed by atoms with Gasteiger partial charge in [-0.15, -0.1) is 0 Å². The van der Waals surface area contributed by atoms with Gasteiger partial charge in [0.2, 0.25) is 5.91 Å². The van der Waals surface area contributed by atoms with Crippen LogP contribution >= 0.6 is 15.9 Å². The van der Waals surface area contributed by atoms with Gasteiger partial charge in [-0.25, -0.2) is 0 Å². The number of carbonyl (C=O) groups is 1. The van der Waals surface area contributed by atoms with Crippen LogP contribution in [0.2, 0.25) is 0 Å². The van der Waals surface area contributed by atoms with Gasteiger partial charge >= 0.3 is 0 Å². The third-order valence-corrected chi connectivity index (χ3v) is 5.38. The van der Waals surface area contributed by atoms with E-state index in [1.807, 2.05) is 13.0 Å². The number of rotatable bonds is 5. The molecule has 0 spiro atoms. The molecule has 3 rings (SSSR count). The second-order valence-electron chi connectivity index (χ2n) is 6.36. The van der Waals surface area contributed by atoms with E-state index in [9.17, 15) is 4.79 Å². The molecule has 1 aliphatic carbocycles. The van der Waals surface area contributed by atoms with Crippen LogP contribution in [0.15, 0.2) is 28.7 Å². The zero-order valence-corrected chi connectivity index (χ0v) is 14.7. The summed E-state index contributed by atoms with van der Waals surface area (Å²) in [6.45, 7) is 6.96. The Morgan fingerprint density at radius 2 is 1.95 bits per heavy atom. The molecule has 120 valence electrons. The van der Waals surface area contributed by atoms with Crippen LogP contribution in [0.1, 0.15) is 25.3 Å². The largest absolute Gasteiger partial charge is 0.352 e. The van der Waals surface area contributed by atoms with Gasteiger partial charge < -0.3 is 5.32 Å². The summed E-state index contributed by atoms with van der Waals surface area (Å²) in [5.41, 5.74) is 1.33. The Balaban J connectivity index is 1.47. The Labute approximate surface area is 141 Å². The van der Waals surface area contributed by atoms with Gasteiger partial charge in [-0.3, -0.25) is 14.6 Å². The van der Waals surface area contributed by atoms with E-state index in [2.05, 4.69) is 49.2 Å². The lowest BCUT2D eigenvalue weighted by atomic mass is 10.1. The van der Waals surface area contributed by atoms with E-state index in [-0.39, 0.29) is 11.9 Å². The molecule has 0 unspecified atom stereocenters. The molecule has 5 heteroatoms. The molecular formula is C17H24BrN3O. The number of carbonyl (C=O) groups excluding carboxylic acids is 1. The fraction of sp³-hybridized carbons (Fsp3) is 0.588. The molecule has 0 radical (unpaired) electrons. The molecule has 1 aliphatic heterocycles. The average molecular weight is 366 g/mol. The molecule has 1 aromatic rings. The predicted octanol–water partition coefficient (Wildman–Crippen LogP) is 2.23. The van der Waals surface area contributed by atoms with Gasteiger partial charge in [-0.1, -0.05) is 34.1 Å². The van der Waals surface area contributed by atoms with Crippen LogP contribution in [0, 0.1) is 0 Å². The van der Waals surface area contributed by atoms with Crippen LogP contribution in [0.5, 0.6) is 0 Å². The van der Waals surface area contributed by atoms with Crippen molar-refractivity contribution >= 4 is 21.8 Å². The molecular weight excluding hydrogens is 342 g/mol. The smallest absolute Gasteiger partial charge is 0.237 e. The standard InChI is InChI=1S/C17H24BrN3O/c1-13(17(22)19-15-6-7-15)21-10-8-20(9-11-21)12-14-4-2-3-5-16(14)18/h2-5,13,15H,6-12H2,1H3,(H,19,22)/t13-/m0/s1. The summed E-state index contributed by atoms with van der Waals surface area (Å²) in [6.07, 6.45) is 2.30. The Morgan fingerprint density at radius 3 is 2.59 bits per heavy atom. The number of amides is 1. The van der Waals surface area contributed by atoms with E-state index in [0.29, 0.717) is 6.04 Å². The topological polar surface area (TPSA) is 35.6 Å². The van der Waals surface area contributed by atoms with E-state index < -0.39 is 0 Å². The first-order valence-electron chi connectivity index (χ1n) is 8.13. The molecule has 1 amide bonds. The number of benzene rings is 1. The van der Waals surface area contributed by atoms with Crippen LogP contribution in [0.4, 0.5) is 0 Å². The quantitative estimate of drug-likeness (QED) is 0.868. The summed E-state index contributed by atoms with van der Waals surface area (Å²) in [7, 11) is 0. The number of halogens is 1. The van der Waals surface area contributed by atoms with Gasteiger partial charge in [0.1, 0.15) is 0 Å². The number of nitrogens with zero attached hydrogens (tertiary/aromatic N) is 2. The summed E-state index contributed by atoms with van der Waals surface area (Å²) in [5, 5.41) is 3.11. The van der Waals surface area contributed by atoms with Crippen molar-refractivity contribution in [2.45, 2.75) is 38.4 Å².